The van der Waals surface area contributed by atoms with Crippen molar-refractivity contribution in [3.8, 4) is 0 Å². The monoisotopic (exact) mass is 178 g/mol. The predicted molar refractivity (Wildman–Crippen MR) is 41.4 cm³/mol. The minimum atomic E-state index is -0.780. The molecule has 1 aromatic rings. The lowest BCUT2D eigenvalue weighted by Crippen LogP contribution is -1.98. The van der Waals surface area contributed by atoms with Gasteiger partial charge in [0.2, 0.25) is 0 Å². The molecule has 2 nitrogen and oxygen atoms in total. The third kappa shape index (κ3) is 1.70. The molecular formula is C6H7ClO2S. The average Bonchev–Trinajstić information content (AvgIpc) is 2.34. The lowest BCUT2D eigenvalue weighted by Gasteiger charge is -2.00. The van der Waals surface area contributed by atoms with Crippen molar-refractivity contribution >= 4 is 22.9 Å². The molecule has 1 aromatic heterocycles. The van der Waals surface area contributed by atoms with Crippen molar-refractivity contribution in [2.75, 3.05) is 6.61 Å². The topological polar surface area (TPSA) is 40.5 Å². The van der Waals surface area contributed by atoms with E-state index >= 15 is 0 Å². The second-order valence-corrected chi connectivity index (χ2v) is 3.24. The molecule has 0 saturated heterocycles. The molecule has 0 spiro atoms. The van der Waals surface area contributed by atoms with Crippen LogP contribution in [0.25, 0.3) is 0 Å². The van der Waals surface area contributed by atoms with Gasteiger partial charge in [0.15, 0.2) is 0 Å². The number of thiophene rings is 1. The molecule has 1 rings (SSSR count). The molecule has 0 fully saturated rings. The summed E-state index contributed by atoms with van der Waals surface area (Å²) in [7, 11) is 0. The maximum atomic E-state index is 9.04. The molecule has 0 amide bonds. The first-order chi connectivity index (χ1) is 4.74. The van der Waals surface area contributed by atoms with E-state index in [0.717, 1.165) is 0 Å². The van der Waals surface area contributed by atoms with E-state index in [1.165, 1.54) is 11.3 Å². The Morgan fingerprint density at radius 1 is 1.70 bits per heavy atom. The smallest absolute Gasteiger partial charge is 0.111 e. The fourth-order valence-electron chi connectivity index (χ4n) is 0.593. The van der Waals surface area contributed by atoms with Crippen molar-refractivity contribution < 1.29 is 10.2 Å². The molecule has 0 radical (unpaired) electrons. The summed E-state index contributed by atoms with van der Waals surface area (Å²) in [6.45, 7) is -0.253. The van der Waals surface area contributed by atoms with Crippen LogP contribution >= 0.6 is 22.9 Å². The predicted octanol–water partition coefficient (Wildman–Crippen LogP) is 1.43. The zero-order chi connectivity index (χ0) is 7.56. The van der Waals surface area contributed by atoms with Crippen LogP contribution in [0.15, 0.2) is 11.4 Å². The Morgan fingerprint density at radius 3 is 2.80 bits per heavy atom. The van der Waals surface area contributed by atoms with Gasteiger partial charge in [0.1, 0.15) is 6.10 Å². The third-order valence-electron chi connectivity index (χ3n) is 1.09. The van der Waals surface area contributed by atoms with Crippen molar-refractivity contribution in [1.29, 1.82) is 0 Å². The van der Waals surface area contributed by atoms with Gasteiger partial charge in [0.25, 0.3) is 0 Å². The van der Waals surface area contributed by atoms with Crippen LogP contribution in [-0.4, -0.2) is 16.8 Å². The van der Waals surface area contributed by atoms with E-state index in [0.29, 0.717) is 9.90 Å². The Balaban J connectivity index is 2.74. The van der Waals surface area contributed by atoms with E-state index in [1.54, 1.807) is 11.4 Å². The normalized spacial score (nSPS) is 13.5. The number of rotatable bonds is 2. The Labute approximate surface area is 67.7 Å². The molecule has 0 aliphatic heterocycles. The Hall–Kier alpha value is -0.0900. The molecule has 56 valence electrons. The molecule has 1 atom stereocenters. The molecule has 0 aliphatic carbocycles. The van der Waals surface area contributed by atoms with Crippen LogP contribution in [-0.2, 0) is 0 Å². The van der Waals surface area contributed by atoms with Crippen molar-refractivity contribution in [3.05, 3.63) is 21.3 Å². The molecule has 0 saturated carbocycles. The van der Waals surface area contributed by atoms with Gasteiger partial charge in [-0.3, -0.25) is 0 Å². The van der Waals surface area contributed by atoms with Crippen LogP contribution in [0.3, 0.4) is 0 Å². The number of hydrogen-bond donors (Lipinski definition) is 2. The second-order valence-electron chi connectivity index (χ2n) is 1.87. The molecule has 4 heteroatoms. The second kappa shape index (κ2) is 3.34. The van der Waals surface area contributed by atoms with Crippen LogP contribution in [0.5, 0.6) is 0 Å². The number of aliphatic hydroxyl groups is 2. The zero-order valence-electron chi connectivity index (χ0n) is 5.12. The Kier molecular flexibility index (Phi) is 2.68. The fourth-order valence-corrected chi connectivity index (χ4v) is 1.65. The largest absolute Gasteiger partial charge is 0.393 e. The summed E-state index contributed by atoms with van der Waals surface area (Å²) >= 11 is 6.92. The molecular weight excluding hydrogens is 172 g/mol. The van der Waals surface area contributed by atoms with E-state index < -0.39 is 6.10 Å². The average molecular weight is 179 g/mol. The van der Waals surface area contributed by atoms with Crippen LogP contribution < -0.4 is 0 Å². The molecule has 1 heterocycles. The molecule has 1 unspecified atom stereocenters. The maximum Gasteiger partial charge on any atom is 0.111 e. The highest BCUT2D eigenvalue weighted by Crippen LogP contribution is 2.24. The standard InChI is InChI=1S/C6H7ClO2S/c7-4-1-6(10-3-4)5(9)2-8/h1,3,5,8-9H,2H2. The first-order valence-corrected chi connectivity index (χ1v) is 4.02. The summed E-state index contributed by atoms with van der Waals surface area (Å²) in [5.74, 6) is 0. The van der Waals surface area contributed by atoms with Crippen molar-refractivity contribution in [3.63, 3.8) is 0 Å². The Morgan fingerprint density at radius 2 is 2.40 bits per heavy atom. The summed E-state index contributed by atoms with van der Waals surface area (Å²) in [6.07, 6.45) is -0.780. The van der Waals surface area contributed by atoms with Gasteiger partial charge in [-0.15, -0.1) is 11.3 Å². The van der Waals surface area contributed by atoms with Gasteiger partial charge in [0, 0.05) is 10.3 Å². The lowest BCUT2D eigenvalue weighted by atomic mass is 10.3. The summed E-state index contributed by atoms with van der Waals surface area (Å²) < 4.78 is 0. The lowest BCUT2D eigenvalue weighted by molar-refractivity contribution is 0.0984. The van der Waals surface area contributed by atoms with Crippen molar-refractivity contribution in [2.45, 2.75) is 6.10 Å². The Bertz CT molecular complexity index is 211. The van der Waals surface area contributed by atoms with Gasteiger partial charge in [-0.05, 0) is 6.07 Å². The minimum absolute atomic E-state index is 0.253. The number of aliphatic hydroxyl groups excluding tert-OH is 2. The highest BCUT2D eigenvalue weighted by Gasteiger charge is 2.07. The van der Waals surface area contributed by atoms with Gasteiger partial charge < -0.3 is 10.2 Å². The highest BCUT2D eigenvalue weighted by molar-refractivity contribution is 7.10. The highest BCUT2D eigenvalue weighted by atomic mass is 35.5. The van der Waals surface area contributed by atoms with Gasteiger partial charge in [-0.2, -0.15) is 0 Å². The van der Waals surface area contributed by atoms with E-state index in [2.05, 4.69) is 0 Å². The van der Waals surface area contributed by atoms with E-state index in [1.807, 2.05) is 0 Å². The first-order valence-electron chi connectivity index (χ1n) is 2.77. The van der Waals surface area contributed by atoms with Crippen molar-refractivity contribution in [1.82, 2.24) is 0 Å². The van der Waals surface area contributed by atoms with Crippen LogP contribution in [0.1, 0.15) is 11.0 Å². The van der Waals surface area contributed by atoms with Gasteiger partial charge in [-0.1, -0.05) is 11.6 Å². The molecule has 10 heavy (non-hydrogen) atoms. The summed E-state index contributed by atoms with van der Waals surface area (Å²) in [4.78, 5) is 0.701. The summed E-state index contributed by atoms with van der Waals surface area (Å²) in [6, 6.07) is 1.65. The molecule has 0 bridgehead atoms. The quantitative estimate of drug-likeness (QED) is 0.720. The molecule has 0 aromatic carbocycles. The minimum Gasteiger partial charge on any atom is -0.393 e. The number of halogens is 1. The maximum absolute atomic E-state index is 9.04. The van der Waals surface area contributed by atoms with E-state index in [-0.39, 0.29) is 6.61 Å². The first kappa shape index (κ1) is 8.01. The van der Waals surface area contributed by atoms with Crippen LogP contribution in [0, 0.1) is 0 Å². The SMILES string of the molecule is OCC(O)c1cc(Cl)cs1. The fraction of sp³-hybridized carbons (Fsp3) is 0.333. The number of hydrogen-bond acceptors (Lipinski definition) is 3. The summed E-state index contributed by atoms with van der Waals surface area (Å²) in [5.41, 5.74) is 0. The third-order valence-corrected chi connectivity index (χ3v) is 2.47. The van der Waals surface area contributed by atoms with E-state index in [4.69, 9.17) is 21.8 Å². The van der Waals surface area contributed by atoms with Crippen LogP contribution in [0.4, 0.5) is 0 Å². The van der Waals surface area contributed by atoms with Crippen LogP contribution in [0.2, 0.25) is 5.02 Å². The molecule has 0 aliphatic rings. The van der Waals surface area contributed by atoms with Gasteiger partial charge in [-0.25, -0.2) is 0 Å². The zero-order valence-corrected chi connectivity index (χ0v) is 6.69. The summed E-state index contributed by atoms with van der Waals surface area (Å²) in [5, 5.41) is 19.9. The van der Waals surface area contributed by atoms with Gasteiger partial charge in [0.05, 0.1) is 11.6 Å². The van der Waals surface area contributed by atoms with Crippen molar-refractivity contribution in [2.24, 2.45) is 0 Å². The molecule has 2 N–H and O–H groups in total. The van der Waals surface area contributed by atoms with E-state index in [9.17, 15) is 0 Å². The van der Waals surface area contributed by atoms with Gasteiger partial charge >= 0.3 is 0 Å².